The Morgan fingerprint density at radius 2 is 1.30 bits per heavy atom. The lowest BCUT2D eigenvalue weighted by atomic mass is 9.88. The van der Waals surface area contributed by atoms with Gasteiger partial charge in [-0.1, -0.05) is 134 Å². The molecule has 0 heterocycles. The molecule has 168 valence electrons. The van der Waals surface area contributed by atoms with Crippen LogP contribution in [0.2, 0.25) is 0 Å². The van der Waals surface area contributed by atoms with Crippen molar-refractivity contribution in [3.63, 3.8) is 0 Å². The van der Waals surface area contributed by atoms with Crippen LogP contribution in [0.25, 0.3) is 0 Å². The van der Waals surface area contributed by atoms with Crippen molar-refractivity contribution < 1.29 is 4.74 Å². The maximum Gasteiger partial charge on any atom is 0.143 e. The zero-order valence-electron chi connectivity index (χ0n) is 18.8. The Morgan fingerprint density at radius 3 is 1.83 bits per heavy atom. The van der Waals surface area contributed by atoms with Crippen LogP contribution >= 0.6 is 31.9 Å². The number of hydrogen-bond acceptors (Lipinski definition) is 1. The SMILES string of the molecule is CCCCCCCCCCCCCCCC1(Oc2ccc(Br)cc2)C=CC=CC1Br. The average Bonchev–Trinajstić information content (AvgIpc) is 2.75. The molecule has 0 spiro atoms. The summed E-state index contributed by atoms with van der Waals surface area (Å²) < 4.78 is 7.59. The van der Waals surface area contributed by atoms with E-state index in [4.69, 9.17) is 4.74 Å². The molecule has 1 aromatic carbocycles. The number of alkyl halides is 1. The van der Waals surface area contributed by atoms with Crippen molar-refractivity contribution in [1.29, 1.82) is 0 Å². The third-order valence-electron chi connectivity index (χ3n) is 6.03. The van der Waals surface area contributed by atoms with E-state index < -0.39 is 0 Å². The fourth-order valence-electron chi connectivity index (χ4n) is 4.14. The Morgan fingerprint density at radius 1 is 0.767 bits per heavy atom. The molecule has 2 rings (SSSR count). The predicted molar refractivity (Wildman–Crippen MR) is 139 cm³/mol. The lowest BCUT2D eigenvalue weighted by Crippen LogP contribution is -2.43. The molecular formula is C27H40Br2O. The van der Waals surface area contributed by atoms with Gasteiger partial charge in [0.05, 0.1) is 4.83 Å². The molecule has 0 fully saturated rings. The number of benzene rings is 1. The van der Waals surface area contributed by atoms with Gasteiger partial charge in [0, 0.05) is 4.47 Å². The summed E-state index contributed by atoms with van der Waals surface area (Å²) in [5.74, 6) is 0.928. The first kappa shape index (κ1) is 25.7. The first-order valence-electron chi connectivity index (χ1n) is 12.1. The molecule has 2 unspecified atom stereocenters. The summed E-state index contributed by atoms with van der Waals surface area (Å²) in [7, 11) is 0. The fraction of sp³-hybridized carbons (Fsp3) is 0.630. The van der Waals surface area contributed by atoms with Crippen molar-refractivity contribution in [2.24, 2.45) is 0 Å². The third kappa shape index (κ3) is 9.73. The fourth-order valence-corrected chi connectivity index (χ4v) is 5.05. The largest absolute Gasteiger partial charge is 0.482 e. The minimum atomic E-state index is -0.291. The highest BCUT2D eigenvalue weighted by Gasteiger charge is 2.36. The lowest BCUT2D eigenvalue weighted by molar-refractivity contribution is 0.115. The van der Waals surface area contributed by atoms with Crippen LogP contribution < -0.4 is 4.74 Å². The topological polar surface area (TPSA) is 9.23 Å². The summed E-state index contributed by atoms with van der Waals surface area (Å²) in [4.78, 5) is 0.205. The molecule has 30 heavy (non-hydrogen) atoms. The molecular weight excluding hydrogens is 500 g/mol. The van der Waals surface area contributed by atoms with Crippen molar-refractivity contribution in [1.82, 2.24) is 0 Å². The summed E-state index contributed by atoms with van der Waals surface area (Å²) in [5, 5.41) is 0. The van der Waals surface area contributed by atoms with E-state index in [1.165, 1.54) is 83.5 Å². The summed E-state index contributed by atoms with van der Waals surface area (Å²) in [6.07, 6.45) is 27.7. The van der Waals surface area contributed by atoms with E-state index in [2.05, 4.69) is 63.1 Å². The third-order valence-corrected chi connectivity index (χ3v) is 7.64. The van der Waals surface area contributed by atoms with Crippen LogP contribution in [0.1, 0.15) is 96.8 Å². The second-order valence-corrected chi connectivity index (χ2v) is 10.6. The summed E-state index contributed by atoms with van der Waals surface area (Å²) in [5.41, 5.74) is -0.291. The summed E-state index contributed by atoms with van der Waals surface area (Å²) in [6.45, 7) is 2.29. The van der Waals surface area contributed by atoms with E-state index in [-0.39, 0.29) is 10.4 Å². The molecule has 2 atom stereocenters. The molecule has 0 bridgehead atoms. The second kappa shape index (κ2) is 15.3. The van der Waals surface area contributed by atoms with Gasteiger partial charge in [0.25, 0.3) is 0 Å². The number of rotatable bonds is 16. The highest BCUT2D eigenvalue weighted by atomic mass is 79.9. The second-order valence-electron chi connectivity index (χ2n) is 8.65. The number of hydrogen-bond donors (Lipinski definition) is 0. The minimum absolute atomic E-state index is 0.205. The molecule has 0 saturated carbocycles. The molecule has 0 amide bonds. The average molecular weight is 540 g/mol. The van der Waals surface area contributed by atoms with Crippen molar-refractivity contribution in [2.75, 3.05) is 0 Å². The van der Waals surface area contributed by atoms with Gasteiger partial charge in [0.2, 0.25) is 0 Å². The Bertz CT molecular complexity index is 622. The van der Waals surface area contributed by atoms with Gasteiger partial charge in [-0.15, -0.1) is 0 Å². The van der Waals surface area contributed by atoms with Crippen LogP contribution in [-0.2, 0) is 0 Å². The van der Waals surface area contributed by atoms with Gasteiger partial charge in [0.1, 0.15) is 11.4 Å². The zero-order chi connectivity index (χ0) is 21.5. The summed E-state index contributed by atoms with van der Waals surface area (Å²) in [6, 6.07) is 8.17. The molecule has 0 aromatic heterocycles. The standard InChI is InChI=1S/C27H40Br2O/c1-2-3-4-5-6-7-8-9-10-11-12-13-15-22-27(23-16-14-17-26(27)29)30-25-20-18-24(28)19-21-25/h14,16-21,23,26H,2-13,15,22H2,1H3. The quantitative estimate of drug-likeness (QED) is 0.150. The van der Waals surface area contributed by atoms with Crippen LogP contribution in [0.5, 0.6) is 5.75 Å². The molecule has 0 aliphatic heterocycles. The van der Waals surface area contributed by atoms with Crippen LogP contribution in [0.4, 0.5) is 0 Å². The Hall–Kier alpha value is -0.540. The smallest absolute Gasteiger partial charge is 0.143 e. The first-order valence-corrected chi connectivity index (χ1v) is 13.8. The molecule has 3 heteroatoms. The van der Waals surface area contributed by atoms with Gasteiger partial charge in [-0.2, -0.15) is 0 Å². The highest BCUT2D eigenvalue weighted by molar-refractivity contribution is 9.10. The predicted octanol–water partition coefficient (Wildman–Crippen LogP) is 9.94. The van der Waals surface area contributed by atoms with Crippen molar-refractivity contribution >= 4 is 31.9 Å². The number of allylic oxidation sites excluding steroid dienone is 2. The van der Waals surface area contributed by atoms with Crippen molar-refractivity contribution in [3.8, 4) is 5.75 Å². The van der Waals surface area contributed by atoms with Crippen molar-refractivity contribution in [2.45, 2.75) is 107 Å². The summed E-state index contributed by atoms with van der Waals surface area (Å²) >= 11 is 7.35. The Labute approximate surface area is 202 Å². The molecule has 0 N–H and O–H groups in total. The Balaban J connectivity index is 1.61. The number of unbranched alkanes of at least 4 members (excludes halogenated alkanes) is 12. The molecule has 1 aromatic rings. The zero-order valence-corrected chi connectivity index (χ0v) is 21.9. The van der Waals surface area contributed by atoms with Crippen LogP contribution in [0, 0.1) is 0 Å². The molecule has 1 nitrogen and oxygen atoms in total. The number of halogens is 2. The van der Waals surface area contributed by atoms with E-state index in [0.29, 0.717) is 0 Å². The minimum Gasteiger partial charge on any atom is -0.482 e. The van der Waals surface area contributed by atoms with Gasteiger partial charge in [-0.25, -0.2) is 0 Å². The van der Waals surface area contributed by atoms with Crippen LogP contribution in [-0.4, -0.2) is 10.4 Å². The maximum absolute atomic E-state index is 6.51. The molecule has 1 aliphatic rings. The lowest BCUT2D eigenvalue weighted by Gasteiger charge is -2.36. The van der Waals surface area contributed by atoms with E-state index in [0.717, 1.165) is 16.6 Å². The molecule has 0 saturated heterocycles. The van der Waals surface area contributed by atoms with E-state index in [1.54, 1.807) is 0 Å². The van der Waals surface area contributed by atoms with Gasteiger partial charge in [0.15, 0.2) is 0 Å². The van der Waals surface area contributed by atoms with Crippen LogP contribution in [0.3, 0.4) is 0 Å². The van der Waals surface area contributed by atoms with Crippen LogP contribution in [0.15, 0.2) is 53.0 Å². The van der Waals surface area contributed by atoms with E-state index in [1.807, 2.05) is 24.3 Å². The molecule has 1 aliphatic carbocycles. The van der Waals surface area contributed by atoms with Crippen molar-refractivity contribution in [3.05, 3.63) is 53.0 Å². The maximum atomic E-state index is 6.51. The van der Waals surface area contributed by atoms with Gasteiger partial charge >= 0.3 is 0 Å². The normalized spacial score (nSPS) is 20.6. The Kier molecular flexibility index (Phi) is 13.1. The van der Waals surface area contributed by atoms with E-state index >= 15 is 0 Å². The van der Waals surface area contributed by atoms with Gasteiger partial charge in [-0.05, 0) is 43.2 Å². The highest BCUT2D eigenvalue weighted by Crippen LogP contribution is 2.35. The molecule has 0 radical (unpaired) electrons. The first-order chi connectivity index (χ1) is 14.7. The van der Waals surface area contributed by atoms with Gasteiger partial charge in [-0.3, -0.25) is 0 Å². The number of ether oxygens (including phenoxy) is 1. The monoisotopic (exact) mass is 538 g/mol. The van der Waals surface area contributed by atoms with E-state index in [9.17, 15) is 0 Å². The van der Waals surface area contributed by atoms with Gasteiger partial charge < -0.3 is 4.74 Å².